The molecule has 0 unspecified atom stereocenters. The maximum Gasteiger partial charge on any atom is 0.220 e. The number of benzene rings is 1. The van der Waals surface area contributed by atoms with E-state index in [1.165, 1.54) is 19.3 Å². The highest BCUT2D eigenvalue weighted by molar-refractivity contribution is 7.13. The third-order valence-corrected chi connectivity index (χ3v) is 5.38. The van der Waals surface area contributed by atoms with Crippen molar-refractivity contribution in [3.8, 4) is 5.75 Å². The molecule has 1 aliphatic heterocycles. The third kappa shape index (κ3) is 6.02. The van der Waals surface area contributed by atoms with Crippen molar-refractivity contribution in [2.45, 2.75) is 38.5 Å². The summed E-state index contributed by atoms with van der Waals surface area (Å²) < 4.78 is 5.60. The average molecular weight is 374 g/mol. The maximum absolute atomic E-state index is 11.9. The van der Waals surface area contributed by atoms with Crippen LogP contribution in [0, 0.1) is 0 Å². The summed E-state index contributed by atoms with van der Waals surface area (Å²) in [6.45, 7) is 3.44. The summed E-state index contributed by atoms with van der Waals surface area (Å²) in [5.41, 5.74) is 1.07. The van der Waals surface area contributed by atoms with Crippen LogP contribution in [0.15, 0.2) is 35.7 Å². The van der Waals surface area contributed by atoms with Gasteiger partial charge >= 0.3 is 0 Å². The SMILES string of the molecule is O=C(CCCOc1ccccc1)NCCc1csc(N2CCCCC2)n1. The second-order valence-corrected chi connectivity index (χ2v) is 7.37. The minimum absolute atomic E-state index is 0.0770. The first-order valence-electron chi connectivity index (χ1n) is 9.45. The smallest absolute Gasteiger partial charge is 0.220 e. The van der Waals surface area contributed by atoms with E-state index < -0.39 is 0 Å². The largest absolute Gasteiger partial charge is 0.494 e. The van der Waals surface area contributed by atoms with Gasteiger partial charge in [-0.1, -0.05) is 18.2 Å². The van der Waals surface area contributed by atoms with Crippen LogP contribution in [0.2, 0.25) is 0 Å². The Labute approximate surface area is 159 Å². The molecule has 1 N–H and O–H groups in total. The van der Waals surface area contributed by atoms with E-state index in [0.717, 1.165) is 42.5 Å². The number of hydrogen-bond donors (Lipinski definition) is 1. The van der Waals surface area contributed by atoms with Crippen LogP contribution in [-0.4, -0.2) is 37.1 Å². The molecule has 1 amide bonds. The molecule has 1 saturated heterocycles. The molecule has 0 aliphatic carbocycles. The number of nitrogens with one attached hydrogen (secondary N) is 1. The van der Waals surface area contributed by atoms with Crippen LogP contribution in [0.1, 0.15) is 37.8 Å². The molecule has 0 atom stereocenters. The molecule has 1 fully saturated rings. The van der Waals surface area contributed by atoms with Gasteiger partial charge in [0, 0.05) is 37.9 Å². The Morgan fingerprint density at radius 1 is 1.19 bits per heavy atom. The van der Waals surface area contributed by atoms with Crippen LogP contribution in [0.25, 0.3) is 0 Å². The van der Waals surface area contributed by atoms with Gasteiger partial charge in [0.15, 0.2) is 5.13 Å². The number of para-hydroxylation sites is 1. The number of anilines is 1. The molecule has 1 aromatic heterocycles. The molecule has 1 aromatic carbocycles. The molecule has 2 aromatic rings. The van der Waals surface area contributed by atoms with Crippen LogP contribution >= 0.6 is 11.3 Å². The van der Waals surface area contributed by atoms with Gasteiger partial charge < -0.3 is 15.0 Å². The Morgan fingerprint density at radius 2 is 2.00 bits per heavy atom. The van der Waals surface area contributed by atoms with Crippen molar-refractivity contribution >= 4 is 22.4 Å². The summed E-state index contributed by atoms with van der Waals surface area (Å²) in [4.78, 5) is 19.0. The number of thiazole rings is 1. The van der Waals surface area contributed by atoms with Crippen LogP contribution < -0.4 is 15.0 Å². The van der Waals surface area contributed by atoms with Crippen LogP contribution in [0.4, 0.5) is 5.13 Å². The van der Waals surface area contributed by atoms with Gasteiger partial charge in [0.2, 0.25) is 5.91 Å². The van der Waals surface area contributed by atoms with Gasteiger partial charge in [-0.05, 0) is 37.8 Å². The lowest BCUT2D eigenvalue weighted by Gasteiger charge is -2.25. The van der Waals surface area contributed by atoms with Crippen molar-refractivity contribution < 1.29 is 9.53 Å². The first kappa shape index (κ1) is 18.7. The molecule has 2 heterocycles. The predicted molar refractivity (Wildman–Crippen MR) is 106 cm³/mol. The van der Waals surface area contributed by atoms with Crippen molar-refractivity contribution in [1.29, 1.82) is 0 Å². The monoisotopic (exact) mass is 373 g/mol. The fraction of sp³-hybridized carbons (Fsp3) is 0.500. The first-order valence-corrected chi connectivity index (χ1v) is 10.3. The quantitative estimate of drug-likeness (QED) is 0.682. The summed E-state index contributed by atoms with van der Waals surface area (Å²) >= 11 is 1.72. The number of hydrogen-bond acceptors (Lipinski definition) is 5. The Balaban J connectivity index is 1.28. The fourth-order valence-electron chi connectivity index (χ4n) is 3.00. The van der Waals surface area contributed by atoms with Crippen molar-refractivity contribution in [2.24, 2.45) is 0 Å². The number of amides is 1. The zero-order valence-electron chi connectivity index (χ0n) is 15.2. The number of nitrogens with zero attached hydrogens (tertiary/aromatic N) is 2. The number of ether oxygens (including phenoxy) is 1. The number of piperidine rings is 1. The molecule has 26 heavy (non-hydrogen) atoms. The topological polar surface area (TPSA) is 54.5 Å². The Kier molecular flexibility index (Phi) is 7.31. The van der Waals surface area contributed by atoms with Crippen LogP contribution in [-0.2, 0) is 11.2 Å². The van der Waals surface area contributed by atoms with Gasteiger partial charge in [-0.15, -0.1) is 11.3 Å². The highest BCUT2D eigenvalue weighted by atomic mass is 32.1. The molecule has 5 nitrogen and oxygen atoms in total. The molecule has 6 heteroatoms. The second-order valence-electron chi connectivity index (χ2n) is 6.53. The van der Waals surface area contributed by atoms with Crippen molar-refractivity contribution in [2.75, 3.05) is 31.1 Å². The van der Waals surface area contributed by atoms with Crippen molar-refractivity contribution in [1.82, 2.24) is 10.3 Å². The van der Waals surface area contributed by atoms with Crippen molar-refractivity contribution in [3.63, 3.8) is 0 Å². The van der Waals surface area contributed by atoms with E-state index in [1.54, 1.807) is 11.3 Å². The number of aromatic nitrogens is 1. The molecule has 0 radical (unpaired) electrons. The van der Waals surface area contributed by atoms with E-state index in [0.29, 0.717) is 19.6 Å². The van der Waals surface area contributed by atoms with Gasteiger partial charge in [0.25, 0.3) is 0 Å². The van der Waals surface area contributed by atoms with Gasteiger partial charge in [-0.3, -0.25) is 4.79 Å². The molecular weight excluding hydrogens is 346 g/mol. The molecular formula is C20H27N3O2S. The van der Waals surface area contributed by atoms with E-state index in [9.17, 15) is 4.79 Å². The molecule has 0 spiro atoms. The van der Waals surface area contributed by atoms with Gasteiger partial charge in [-0.25, -0.2) is 4.98 Å². The fourth-order valence-corrected chi connectivity index (χ4v) is 3.91. The van der Waals surface area contributed by atoms with E-state index >= 15 is 0 Å². The predicted octanol–water partition coefficient (Wildman–Crippen LogP) is 3.65. The minimum atomic E-state index is 0.0770. The normalized spacial score (nSPS) is 14.2. The summed E-state index contributed by atoms with van der Waals surface area (Å²) in [5.74, 6) is 0.925. The number of rotatable bonds is 9. The molecule has 0 bridgehead atoms. The number of carbonyl (C=O) groups excluding carboxylic acids is 1. The van der Waals surface area contributed by atoms with Crippen LogP contribution in [0.5, 0.6) is 5.75 Å². The van der Waals surface area contributed by atoms with Crippen LogP contribution in [0.3, 0.4) is 0 Å². The Hall–Kier alpha value is -2.08. The van der Waals surface area contributed by atoms with E-state index in [-0.39, 0.29) is 5.91 Å². The summed E-state index contributed by atoms with van der Waals surface area (Å²) in [6.07, 6.45) is 5.85. The minimum Gasteiger partial charge on any atom is -0.494 e. The zero-order chi connectivity index (χ0) is 18.0. The van der Waals surface area contributed by atoms with E-state index in [2.05, 4.69) is 15.6 Å². The lowest BCUT2D eigenvalue weighted by Crippen LogP contribution is -2.29. The Morgan fingerprint density at radius 3 is 2.81 bits per heavy atom. The van der Waals surface area contributed by atoms with E-state index in [1.807, 2.05) is 30.3 Å². The molecule has 1 aliphatic rings. The van der Waals surface area contributed by atoms with Gasteiger partial charge in [0.05, 0.1) is 12.3 Å². The lowest BCUT2D eigenvalue weighted by atomic mass is 10.1. The standard InChI is InChI=1S/C20H27N3O2S/c24-19(10-7-15-25-18-8-3-1-4-9-18)21-12-11-17-16-26-20(22-17)23-13-5-2-6-14-23/h1,3-4,8-9,16H,2,5-7,10-15H2,(H,21,24). The number of carbonyl (C=O) groups is 1. The summed E-state index contributed by atoms with van der Waals surface area (Å²) in [6, 6.07) is 9.69. The second kappa shape index (κ2) is 10.2. The van der Waals surface area contributed by atoms with Gasteiger partial charge in [0.1, 0.15) is 5.75 Å². The van der Waals surface area contributed by atoms with Crippen molar-refractivity contribution in [3.05, 3.63) is 41.4 Å². The summed E-state index contributed by atoms with van der Waals surface area (Å²) in [5, 5.41) is 6.22. The highest BCUT2D eigenvalue weighted by Crippen LogP contribution is 2.24. The maximum atomic E-state index is 11.9. The summed E-state index contributed by atoms with van der Waals surface area (Å²) in [7, 11) is 0. The molecule has 0 saturated carbocycles. The first-order chi connectivity index (χ1) is 12.8. The zero-order valence-corrected chi connectivity index (χ0v) is 16.0. The third-order valence-electron chi connectivity index (χ3n) is 4.43. The Bertz CT molecular complexity index is 669. The molecule has 140 valence electrons. The van der Waals surface area contributed by atoms with E-state index in [4.69, 9.17) is 9.72 Å². The van der Waals surface area contributed by atoms with Gasteiger partial charge in [-0.2, -0.15) is 0 Å². The molecule has 3 rings (SSSR count). The average Bonchev–Trinajstić information content (AvgIpc) is 3.16. The highest BCUT2D eigenvalue weighted by Gasteiger charge is 2.14. The lowest BCUT2D eigenvalue weighted by molar-refractivity contribution is -0.121.